The zero-order chi connectivity index (χ0) is 12.1. The van der Waals surface area contributed by atoms with Crippen molar-refractivity contribution in [1.29, 1.82) is 0 Å². The molecule has 2 heterocycles. The number of nitrogens with two attached hydrogens (primary N) is 1. The zero-order valence-corrected chi connectivity index (χ0v) is 10.6. The normalized spacial score (nSPS) is 12.3. The highest BCUT2D eigenvalue weighted by Gasteiger charge is 2.22. The fourth-order valence-corrected chi connectivity index (χ4v) is 2.11. The summed E-state index contributed by atoms with van der Waals surface area (Å²) in [6.07, 6.45) is 0. The lowest BCUT2D eigenvalue weighted by molar-refractivity contribution is 0.575. The minimum absolute atomic E-state index is 0.0174. The maximum Gasteiger partial charge on any atom is 0.139 e. The molecular weight excluding hydrogens is 198 g/mol. The van der Waals surface area contributed by atoms with Crippen molar-refractivity contribution < 1.29 is 0 Å². The van der Waals surface area contributed by atoms with Crippen molar-refractivity contribution in [3.05, 3.63) is 29.1 Å². The maximum absolute atomic E-state index is 6.18. The number of nitrogens with zero attached hydrogens (tertiary/aromatic N) is 2. The van der Waals surface area contributed by atoms with Crippen LogP contribution < -0.4 is 5.73 Å². The zero-order valence-electron chi connectivity index (χ0n) is 10.6. The van der Waals surface area contributed by atoms with Crippen LogP contribution in [0.4, 0.5) is 5.82 Å². The van der Waals surface area contributed by atoms with E-state index in [0.29, 0.717) is 0 Å². The Morgan fingerprint density at radius 2 is 1.81 bits per heavy atom. The molecule has 0 aliphatic carbocycles. The second kappa shape index (κ2) is 3.24. The fraction of sp³-hybridized carbons (Fsp3) is 0.462. The Morgan fingerprint density at radius 3 is 2.38 bits per heavy atom. The minimum Gasteiger partial charge on any atom is -0.383 e. The van der Waals surface area contributed by atoms with Gasteiger partial charge in [0.2, 0.25) is 0 Å². The van der Waals surface area contributed by atoms with Crippen molar-refractivity contribution in [3.8, 4) is 0 Å². The largest absolute Gasteiger partial charge is 0.383 e. The molecule has 0 aliphatic rings. The molecule has 0 atom stereocenters. The highest BCUT2D eigenvalue weighted by atomic mass is 15.1. The number of hydrogen-bond donors (Lipinski definition) is 1. The molecule has 2 aromatic rings. The molecule has 0 unspecified atom stereocenters. The maximum atomic E-state index is 6.18. The van der Waals surface area contributed by atoms with Crippen LogP contribution in [0.2, 0.25) is 0 Å². The van der Waals surface area contributed by atoms with E-state index >= 15 is 0 Å². The molecule has 2 rings (SSSR count). The summed E-state index contributed by atoms with van der Waals surface area (Å²) in [5.41, 5.74) is 10.4. The summed E-state index contributed by atoms with van der Waals surface area (Å²) in [7, 11) is 0. The summed E-state index contributed by atoms with van der Waals surface area (Å²) in [5, 5.41) is 0. The Morgan fingerprint density at radius 1 is 1.19 bits per heavy atom. The third-order valence-corrected chi connectivity index (χ3v) is 2.80. The van der Waals surface area contributed by atoms with Gasteiger partial charge in [-0.15, -0.1) is 0 Å². The summed E-state index contributed by atoms with van der Waals surface area (Å²) in [5.74, 6) is 0.764. The molecule has 0 saturated heterocycles. The van der Waals surface area contributed by atoms with Crippen LogP contribution in [-0.2, 0) is 5.41 Å². The standard InChI is InChI=1S/C13H19N3/c1-8-6-9(2)16-10(7-8)15-11(12(16)14)13(3,4)5/h6-7H,14H2,1-5H3. The van der Waals surface area contributed by atoms with Crippen molar-refractivity contribution in [3.63, 3.8) is 0 Å². The lowest BCUT2D eigenvalue weighted by atomic mass is 9.92. The van der Waals surface area contributed by atoms with Crippen molar-refractivity contribution >= 4 is 11.5 Å². The van der Waals surface area contributed by atoms with E-state index in [9.17, 15) is 0 Å². The van der Waals surface area contributed by atoms with Gasteiger partial charge in [0, 0.05) is 11.1 Å². The first-order valence-corrected chi connectivity index (χ1v) is 5.56. The molecule has 0 saturated carbocycles. The number of aryl methyl sites for hydroxylation is 2. The van der Waals surface area contributed by atoms with Gasteiger partial charge in [-0.1, -0.05) is 20.8 Å². The molecule has 0 fully saturated rings. The molecule has 0 aliphatic heterocycles. The molecule has 3 nitrogen and oxygen atoms in total. The van der Waals surface area contributed by atoms with Crippen molar-refractivity contribution in [2.45, 2.75) is 40.0 Å². The second-order valence-corrected chi connectivity index (χ2v) is 5.46. The molecule has 86 valence electrons. The molecule has 16 heavy (non-hydrogen) atoms. The van der Waals surface area contributed by atoms with Gasteiger partial charge < -0.3 is 5.73 Å². The third-order valence-electron chi connectivity index (χ3n) is 2.80. The molecule has 0 bridgehead atoms. The molecule has 0 amide bonds. The molecule has 2 N–H and O–H groups in total. The predicted octanol–water partition coefficient (Wildman–Crippen LogP) is 2.83. The first-order valence-electron chi connectivity index (χ1n) is 5.56. The first kappa shape index (κ1) is 11.0. The number of anilines is 1. The van der Waals surface area contributed by atoms with Gasteiger partial charge in [0.1, 0.15) is 11.5 Å². The smallest absolute Gasteiger partial charge is 0.139 e. The van der Waals surface area contributed by atoms with Gasteiger partial charge in [0.05, 0.1) is 5.69 Å². The number of aromatic nitrogens is 2. The van der Waals surface area contributed by atoms with E-state index in [1.54, 1.807) is 0 Å². The molecule has 0 radical (unpaired) electrons. The minimum atomic E-state index is -0.0174. The van der Waals surface area contributed by atoms with Crippen LogP contribution in [0.15, 0.2) is 12.1 Å². The molecule has 0 spiro atoms. The summed E-state index contributed by atoms with van der Waals surface area (Å²) in [4.78, 5) is 4.64. The molecule has 0 aromatic carbocycles. The van der Waals surface area contributed by atoms with Gasteiger partial charge in [0.15, 0.2) is 0 Å². The quantitative estimate of drug-likeness (QED) is 0.737. The lowest BCUT2D eigenvalue weighted by Crippen LogP contribution is -2.14. The lowest BCUT2D eigenvalue weighted by Gasteiger charge is -2.15. The average Bonchev–Trinajstić information content (AvgIpc) is 2.41. The predicted molar refractivity (Wildman–Crippen MR) is 67.8 cm³/mol. The number of hydrogen-bond acceptors (Lipinski definition) is 2. The monoisotopic (exact) mass is 217 g/mol. The van der Waals surface area contributed by atoms with Crippen LogP contribution in [-0.4, -0.2) is 9.38 Å². The molecule has 2 aromatic heterocycles. The van der Waals surface area contributed by atoms with Gasteiger partial charge >= 0.3 is 0 Å². The Labute approximate surface area is 96.3 Å². The van der Waals surface area contributed by atoms with Crippen LogP contribution in [0.1, 0.15) is 37.7 Å². The van der Waals surface area contributed by atoms with Crippen molar-refractivity contribution in [2.75, 3.05) is 5.73 Å². The van der Waals surface area contributed by atoms with E-state index in [2.05, 4.69) is 51.7 Å². The van der Waals surface area contributed by atoms with E-state index in [1.165, 1.54) is 5.56 Å². The number of fused-ring (bicyclic) bond motifs is 1. The van der Waals surface area contributed by atoms with Crippen LogP contribution in [0.5, 0.6) is 0 Å². The Kier molecular flexibility index (Phi) is 2.22. The van der Waals surface area contributed by atoms with Crippen molar-refractivity contribution in [1.82, 2.24) is 9.38 Å². The summed E-state index contributed by atoms with van der Waals surface area (Å²) < 4.78 is 2.02. The highest BCUT2D eigenvalue weighted by Crippen LogP contribution is 2.29. The van der Waals surface area contributed by atoms with Crippen LogP contribution in [0.25, 0.3) is 5.65 Å². The van der Waals surface area contributed by atoms with E-state index < -0.39 is 0 Å². The van der Waals surface area contributed by atoms with Crippen LogP contribution in [0, 0.1) is 13.8 Å². The number of pyridine rings is 1. The SMILES string of the molecule is Cc1cc(C)n2c(N)c(C(C)(C)C)nc2c1. The number of nitrogen functional groups attached to an aromatic ring is 1. The Balaban J connectivity index is 2.83. The first-order chi connectivity index (χ1) is 7.30. The second-order valence-electron chi connectivity index (χ2n) is 5.46. The van der Waals surface area contributed by atoms with Gasteiger partial charge in [0.25, 0.3) is 0 Å². The van der Waals surface area contributed by atoms with Crippen molar-refractivity contribution in [2.24, 2.45) is 0 Å². The molecule has 3 heteroatoms. The van der Waals surface area contributed by atoms with Gasteiger partial charge in [-0.25, -0.2) is 4.98 Å². The molecular formula is C13H19N3. The van der Waals surface area contributed by atoms with E-state index in [4.69, 9.17) is 5.73 Å². The summed E-state index contributed by atoms with van der Waals surface area (Å²) >= 11 is 0. The Bertz CT molecular complexity index is 544. The number of rotatable bonds is 0. The Hall–Kier alpha value is -1.51. The topological polar surface area (TPSA) is 43.3 Å². The number of imidazole rings is 1. The third kappa shape index (κ3) is 1.56. The van der Waals surface area contributed by atoms with Gasteiger partial charge in [-0.05, 0) is 31.5 Å². The summed E-state index contributed by atoms with van der Waals surface area (Å²) in [6.45, 7) is 10.5. The van der Waals surface area contributed by atoms with E-state index in [1.807, 2.05) is 4.40 Å². The summed E-state index contributed by atoms with van der Waals surface area (Å²) in [6, 6.07) is 4.19. The average molecular weight is 217 g/mol. The highest BCUT2D eigenvalue weighted by molar-refractivity contribution is 5.57. The fourth-order valence-electron chi connectivity index (χ4n) is 2.11. The van der Waals surface area contributed by atoms with E-state index in [-0.39, 0.29) is 5.41 Å². The van der Waals surface area contributed by atoms with E-state index in [0.717, 1.165) is 22.9 Å². The van der Waals surface area contributed by atoms with Gasteiger partial charge in [-0.2, -0.15) is 0 Å². The van der Waals surface area contributed by atoms with Crippen LogP contribution in [0.3, 0.4) is 0 Å². The van der Waals surface area contributed by atoms with Gasteiger partial charge in [-0.3, -0.25) is 4.40 Å². The van der Waals surface area contributed by atoms with Crippen LogP contribution >= 0.6 is 0 Å².